The van der Waals surface area contributed by atoms with Gasteiger partial charge in [0.1, 0.15) is 5.82 Å². The number of hydrazine groups is 1. The van der Waals surface area contributed by atoms with Gasteiger partial charge in [-0.1, -0.05) is 17.7 Å². The number of aryl methyl sites for hydroxylation is 1. The largest absolute Gasteiger partial charge is 0.271 e. The molecule has 0 saturated heterocycles. The molecule has 0 radical (unpaired) electrons. The van der Waals surface area contributed by atoms with Crippen LogP contribution in [0.1, 0.15) is 22.0 Å². The number of hydrogen-bond acceptors (Lipinski definition) is 3. The SMILES string of the molecule is Cc1cc(F)ccc1C(NN)c1sccc1Cl. The van der Waals surface area contributed by atoms with E-state index in [1.54, 1.807) is 6.07 Å². The van der Waals surface area contributed by atoms with Gasteiger partial charge in [0, 0.05) is 4.88 Å². The first kappa shape index (κ1) is 12.5. The summed E-state index contributed by atoms with van der Waals surface area (Å²) in [4.78, 5) is 0.934. The third-order valence-corrected chi connectivity index (χ3v) is 4.04. The summed E-state index contributed by atoms with van der Waals surface area (Å²) in [6.45, 7) is 1.85. The lowest BCUT2D eigenvalue weighted by molar-refractivity contribution is 0.615. The van der Waals surface area contributed by atoms with E-state index in [-0.39, 0.29) is 11.9 Å². The van der Waals surface area contributed by atoms with E-state index in [4.69, 9.17) is 17.4 Å². The molecule has 0 aliphatic rings. The summed E-state index contributed by atoms with van der Waals surface area (Å²) in [5.41, 5.74) is 4.50. The molecule has 1 heterocycles. The van der Waals surface area contributed by atoms with Crippen LogP contribution in [-0.4, -0.2) is 0 Å². The molecular weight excluding hydrogens is 259 g/mol. The van der Waals surface area contributed by atoms with E-state index in [9.17, 15) is 4.39 Å². The number of benzene rings is 1. The summed E-state index contributed by atoms with van der Waals surface area (Å²) < 4.78 is 13.1. The summed E-state index contributed by atoms with van der Waals surface area (Å²) in [5.74, 6) is 5.33. The molecule has 3 N–H and O–H groups in total. The molecule has 17 heavy (non-hydrogen) atoms. The summed E-state index contributed by atoms with van der Waals surface area (Å²) in [5, 5.41) is 2.57. The van der Waals surface area contributed by atoms with Crippen LogP contribution in [0.15, 0.2) is 29.6 Å². The van der Waals surface area contributed by atoms with Crippen molar-refractivity contribution >= 4 is 22.9 Å². The number of nitrogens with two attached hydrogens (primary N) is 1. The summed E-state index contributed by atoms with van der Waals surface area (Å²) in [6.07, 6.45) is 0. The van der Waals surface area contributed by atoms with E-state index >= 15 is 0 Å². The minimum atomic E-state index is -0.251. The Morgan fingerprint density at radius 2 is 2.18 bits per heavy atom. The Kier molecular flexibility index (Phi) is 3.79. The quantitative estimate of drug-likeness (QED) is 0.663. The van der Waals surface area contributed by atoms with Crippen molar-refractivity contribution in [2.75, 3.05) is 0 Å². The van der Waals surface area contributed by atoms with Crippen molar-refractivity contribution in [3.8, 4) is 0 Å². The minimum Gasteiger partial charge on any atom is -0.271 e. The molecule has 1 atom stereocenters. The Bertz CT molecular complexity index is 527. The van der Waals surface area contributed by atoms with Gasteiger partial charge in [-0.05, 0) is 41.6 Å². The van der Waals surface area contributed by atoms with Gasteiger partial charge in [0.25, 0.3) is 0 Å². The van der Waals surface area contributed by atoms with Gasteiger partial charge in [0.15, 0.2) is 0 Å². The van der Waals surface area contributed by atoms with E-state index in [1.807, 2.05) is 18.4 Å². The Morgan fingerprint density at radius 1 is 1.41 bits per heavy atom. The topological polar surface area (TPSA) is 38.0 Å². The van der Waals surface area contributed by atoms with E-state index < -0.39 is 0 Å². The van der Waals surface area contributed by atoms with Gasteiger partial charge >= 0.3 is 0 Å². The molecule has 2 nitrogen and oxygen atoms in total. The molecule has 0 amide bonds. The van der Waals surface area contributed by atoms with Crippen molar-refractivity contribution in [2.45, 2.75) is 13.0 Å². The highest BCUT2D eigenvalue weighted by atomic mass is 35.5. The van der Waals surface area contributed by atoms with Gasteiger partial charge in [-0.25, -0.2) is 9.82 Å². The van der Waals surface area contributed by atoms with Gasteiger partial charge < -0.3 is 0 Å². The average molecular weight is 271 g/mol. The highest BCUT2D eigenvalue weighted by Gasteiger charge is 2.18. The summed E-state index contributed by atoms with van der Waals surface area (Å²) >= 11 is 7.61. The Labute approximate surface area is 108 Å². The summed E-state index contributed by atoms with van der Waals surface area (Å²) in [7, 11) is 0. The smallest absolute Gasteiger partial charge is 0.123 e. The normalized spacial score (nSPS) is 12.7. The van der Waals surface area contributed by atoms with E-state index in [1.165, 1.54) is 23.5 Å². The number of nitrogens with one attached hydrogen (secondary N) is 1. The van der Waals surface area contributed by atoms with Crippen LogP contribution in [0, 0.1) is 12.7 Å². The highest BCUT2D eigenvalue weighted by molar-refractivity contribution is 7.10. The van der Waals surface area contributed by atoms with E-state index in [2.05, 4.69) is 5.43 Å². The van der Waals surface area contributed by atoms with Crippen molar-refractivity contribution in [3.63, 3.8) is 0 Å². The summed E-state index contributed by atoms with van der Waals surface area (Å²) in [6, 6.07) is 6.26. The van der Waals surface area contributed by atoms with Crippen molar-refractivity contribution in [3.05, 3.63) is 56.5 Å². The second-order valence-electron chi connectivity index (χ2n) is 3.73. The fourth-order valence-corrected chi connectivity index (χ4v) is 3.02. The molecule has 0 saturated carbocycles. The van der Waals surface area contributed by atoms with Crippen LogP contribution in [0.4, 0.5) is 4.39 Å². The number of rotatable bonds is 3. The second-order valence-corrected chi connectivity index (χ2v) is 5.09. The lowest BCUT2D eigenvalue weighted by atomic mass is 10.0. The van der Waals surface area contributed by atoms with Crippen LogP contribution >= 0.6 is 22.9 Å². The lowest BCUT2D eigenvalue weighted by Crippen LogP contribution is -2.29. The highest BCUT2D eigenvalue weighted by Crippen LogP contribution is 2.33. The van der Waals surface area contributed by atoms with Crippen LogP contribution < -0.4 is 11.3 Å². The minimum absolute atomic E-state index is 0.205. The molecule has 90 valence electrons. The van der Waals surface area contributed by atoms with Crippen molar-refractivity contribution < 1.29 is 4.39 Å². The monoisotopic (exact) mass is 270 g/mol. The van der Waals surface area contributed by atoms with Crippen LogP contribution in [0.2, 0.25) is 5.02 Å². The molecule has 0 aliphatic heterocycles. The Hall–Kier alpha value is -0.940. The maximum absolute atomic E-state index is 13.1. The van der Waals surface area contributed by atoms with Crippen molar-refractivity contribution in [1.29, 1.82) is 0 Å². The fourth-order valence-electron chi connectivity index (χ4n) is 1.78. The standard InChI is InChI=1S/C12H12ClFN2S/c1-7-6-8(14)2-3-9(7)11(16-15)12-10(13)4-5-17-12/h2-6,11,16H,15H2,1H3. The molecule has 2 rings (SSSR count). The molecule has 1 unspecified atom stereocenters. The Balaban J connectivity index is 2.46. The van der Waals surface area contributed by atoms with Crippen LogP contribution in [0.3, 0.4) is 0 Å². The maximum atomic E-state index is 13.1. The van der Waals surface area contributed by atoms with Gasteiger partial charge in [-0.2, -0.15) is 0 Å². The van der Waals surface area contributed by atoms with Crippen LogP contribution in [0.5, 0.6) is 0 Å². The zero-order chi connectivity index (χ0) is 12.4. The molecule has 1 aromatic heterocycles. The van der Waals surface area contributed by atoms with Crippen LogP contribution in [-0.2, 0) is 0 Å². The molecule has 0 spiro atoms. The van der Waals surface area contributed by atoms with Crippen molar-refractivity contribution in [2.24, 2.45) is 5.84 Å². The third kappa shape index (κ3) is 2.50. The molecule has 1 aromatic carbocycles. The van der Waals surface area contributed by atoms with E-state index in [0.717, 1.165) is 16.0 Å². The fraction of sp³-hybridized carbons (Fsp3) is 0.167. The molecule has 0 fully saturated rings. The molecule has 0 aliphatic carbocycles. The predicted octanol–water partition coefficient (Wildman–Crippen LogP) is 3.40. The average Bonchev–Trinajstić information content (AvgIpc) is 2.69. The number of hydrogen-bond donors (Lipinski definition) is 2. The zero-order valence-corrected chi connectivity index (χ0v) is 10.8. The van der Waals surface area contributed by atoms with Gasteiger partial charge in [0.2, 0.25) is 0 Å². The Morgan fingerprint density at radius 3 is 2.71 bits per heavy atom. The molecular formula is C12H12ClFN2S. The van der Waals surface area contributed by atoms with Gasteiger partial charge in [-0.15, -0.1) is 11.3 Å². The lowest BCUT2D eigenvalue weighted by Gasteiger charge is -2.17. The third-order valence-electron chi connectivity index (χ3n) is 2.62. The maximum Gasteiger partial charge on any atom is 0.123 e. The molecule has 0 bridgehead atoms. The number of thiophene rings is 1. The zero-order valence-electron chi connectivity index (χ0n) is 9.21. The van der Waals surface area contributed by atoms with Gasteiger partial charge in [0.05, 0.1) is 11.1 Å². The first-order valence-electron chi connectivity index (χ1n) is 5.08. The molecule has 5 heteroatoms. The van der Waals surface area contributed by atoms with Crippen LogP contribution in [0.25, 0.3) is 0 Å². The van der Waals surface area contributed by atoms with Gasteiger partial charge in [-0.3, -0.25) is 5.84 Å². The van der Waals surface area contributed by atoms with Crippen molar-refractivity contribution in [1.82, 2.24) is 5.43 Å². The first-order valence-corrected chi connectivity index (χ1v) is 6.34. The first-order chi connectivity index (χ1) is 8.13. The van der Waals surface area contributed by atoms with E-state index in [0.29, 0.717) is 5.02 Å². The second kappa shape index (κ2) is 5.14. The predicted molar refractivity (Wildman–Crippen MR) is 69.6 cm³/mol. The molecule has 2 aromatic rings. The number of halogens is 2.